The lowest BCUT2D eigenvalue weighted by molar-refractivity contribution is -0.122. The number of nitrogens with zero attached hydrogens (tertiary/aromatic N) is 2. The first-order valence-corrected chi connectivity index (χ1v) is 8.24. The summed E-state index contributed by atoms with van der Waals surface area (Å²) in [5, 5.41) is 7.38. The Morgan fingerprint density at radius 1 is 1.35 bits per heavy atom. The number of benzene rings is 1. The number of hydrogen-bond donors (Lipinski definition) is 1. The van der Waals surface area contributed by atoms with Crippen LogP contribution in [-0.2, 0) is 16.1 Å². The van der Waals surface area contributed by atoms with Crippen molar-refractivity contribution in [3.63, 3.8) is 0 Å². The molecule has 2 aromatic rings. The lowest BCUT2D eigenvalue weighted by Gasteiger charge is -2.20. The first kappa shape index (κ1) is 15.7. The first-order chi connectivity index (χ1) is 11.3. The number of ether oxygens (including phenoxy) is 1. The van der Waals surface area contributed by atoms with Crippen molar-refractivity contribution in [3.8, 4) is 0 Å². The Balaban J connectivity index is 1.59. The molecule has 1 unspecified atom stereocenters. The van der Waals surface area contributed by atoms with E-state index in [0.29, 0.717) is 13.0 Å². The number of nitrogens with one attached hydrogen (secondary N) is 1. The summed E-state index contributed by atoms with van der Waals surface area (Å²) in [5.41, 5.74) is 1.09. The Labute approximate surface area is 136 Å². The highest BCUT2D eigenvalue weighted by Gasteiger charge is 2.19. The summed E-state index contributed by atoms with van der Waals surface area (Å²) in [6.07, 6.45) is 7.40. The molecule has 0 spiro atoms. The van der Waals surface area contributed by atoms with Crippen molar-refractivity contribution in [1.29, 1.82) is 0 Å². The number of carbonyl (C=O) groups is 1. The molecule has 0 saturated carbocycles. The van der Waals surface area contributed by atoms with Gasteiger partial charge in [0.1, 0.15) is 0 Å². The SMILES string of the molecule is O=C(CC[C@H]1CCCO1)NC(Cn1cccn1)c1ccccc1. The molecule has 0 radical (unpaired) electrons. The van der Waals surface area contributed by atoms with Gasteiger partial charge in [0, 0.05) is 25.4 Å². The molecule has 3 rings (SSSR count). The monoisotopic (exact) mass is 313 g/mol. The minimum absolute atomic E-state index is 0.0708. The van der Waals surface area contributed by atoms with Gasteiger partial charge in [-0.05, 0) is 30.9 Å². The normalized spacial score (nSPS) is 18.7. The van der Waals surface area contributed by atoms with Gasteiger partial charge in [-0.15, -0.1) is 0 Å². The Kier molecular flexibility index (Phi) is 5.42. The van der Waals surface area contributed by atoms with Crippen LogP contribution in [0.15, 0.2) is 48.8 Å². The van der Waals surface area contributed by atoms with Crippen molar-refractivity contribution in [2.45, 2.75) is 44.4 Å². The third-order valence-corrected chi connectivity index (χ3v) is 4.18. The molecule has 1 aromatic heterocycles. The topological polar surface area (TPSA) is 56.1 Å². The highest BCUT2D eigenvalue weighted by atomic mass is 16.5. The van der Waals surface area contributed by atoms with Gasteiger partial charge in [-0.2, -0.15) is 5.10 Å². The molecule has 1 aliphatic rings. The fourth-order valence-electron chi connectivity index (χ4n) is 2.95. The van der Waals surface area contributed by atoms with E-state index in [1.165, 1.54) is 0 Å². The zero-order valence-corrected chi connectivity index (χ0v) is 13.2. The minimum atomic E-state index is -0.0758. The molecule has 0 bridgehead atoms. The number of aromatic nitrogens is 2. The van der Waals surface area contributed by atoms with Crippen molar-refractivity contribution in [2.24, 2.45) is 0 Å². The van der Waals surface area contributed by atoms with Crippen LogP contribution < -0.4 is 5.32 Å². The molecule has 23 heavy (non-hydrogen) atoms. The summed E-state index contributed by atoms with van der Waals surface area (Å²) in [5.74, 6) is 0.0708. The molecular weight excluding hydrogens is 290 g/mol. The molecule has 2 heterocycles. The lowest BCUT2D eigenvalue weighted by Crippen LogP contribution is -2.32. The number of carbonyl (C=O) groups excluding carboxylic acids is 1. The summed E-state index contributed by atoms with van der Waals surface area (Å²) in [6, 6.07) is 11.8. The predicted octanol–water partition coefficient (Wildman–Crippen LogP) is 2.70. The molecule has 5 nitrogen and oxygen atoms in total. The molecule has 0 aliphatic carbocycles. The average molecular weight is 313 g/mol. The smallest absolute Gasteiger partial charge is 0.220 e. The summed E-state index contributed by atoms with van der Waals surface area (Å²) in [6.45, 7) is 1.46. The predicted molar refractivity (Wildman–Crippen MR) is 87.8 cm³/mol. The molecule has 1 N–H and O–H groups in total. The Bertz CT molecular complexity index is 592. The maximum atomic E-state index is 12.3. The van der Waals surface area contributed by atoms with Gasteiger partial charge in [-0.25, -0.2) is 0 Å². The van der Waals surface area contributed by atoms with Crippen LogP contribution in [0.25, 0.3) is 0 Å². The summed E-state index contributed by atoms with van der Waals surface area (Å²) in [7, 11) is 0. The van der Waals surface area contributed by atoms with Crippen molar-refractivity contribution >= 4 is 5.91 Å². The molecule has 5 heteroatoms. The maximum absolute atomic E-state index is 12.3. The number of hydrogen-bond acceptors (Lipinski definition) is 3. The van der Waals surface area contributed by atoms with E-state index in [1.54, 1.807) is 6.20 Å². The minimum Gasteiger partial charge on any atom is -0.378 e. The third kappa shape index (κ3) is 4.66. The van der Waals surface area contributed by atoms with E-state index in [2.05, 4.69) is 10.4 Å². The van der Waals surface area contributed by atoms with Crippen LogP contribution in [0.2, 0.25) is 0 Å². The molecule has 1 aliphatic heterocycles. The van der Waals surface area contributed by atoms with Crippen LogP contribution in [0.1, 0.15) is 37.3 Å². The highest BCUT2D eigenvalue weighted by molar-refractivity contribution is 5.76. The number of amides is 1. The van der Waals surface area contributed by atoms with E-state index in [1.807, 2.05) is 47.3 Å². The number of rotatable bonds is 7. The van der Waals surface area contributed by atoms with Crippen molar-refractivity contribution < 1.29 is 9.53 Å². The Hall–Kier alpha value is -2.14. The Morgan fingerprint density at radius 3 is 2.91 bits per heavy atom. The van der Waals surface area contributed by atoms with E-state index in [9.17, 15) is 4.79 Å². The van der Waals surface area contributed by atoms with Crippen LogP contribution in [0.4, 0.5) is 0 Å². The largest absolute Gasteiger partial charge is 0.378 e. The Morgan fingerprint density at radius 2 is 2.22 bits per heavy atom. The van der Waals surface area contributed by atoms with E-state index >= 15 is 0 Å². The molecule has 1 aromatic carbocycles. The van der Waals surface area contributed by atoms with Crippen LogP contribution in [0.5, 0.6) is 0 Å². The first-order valence-electron chi connectivity index (χ1n) is 8.24. The lowest BCUT2D eigenvalue weighted by atomic mass is 10.1. The van der Waals surface area contributed by atoms with Gasteiger partial charge in [-0.1, -0.05) is 30.3 Å². The molecule has 122 valence electrons. The van der Waals surface area contributed by atoms with Gasteiger partial charge in [0.15, 0.2) is 0 Å². The third-order valence-electron chi connectivity index (χ3n) is 4.18. The van der Waals surface area contributed by atoms with Gasteiger partial charge in [0.25, 0.3) is 0 Å². The summed E-state index contributed by atoms with van der Waals surface area (Å²) < 4.78 is 7.43. The standard InChI is InChI=1S/C18H23N3O2/c22-18(10-9-16-8-4-13-23-16)20-17(14-21-12-5-11-19-21)15-6-2-1-3-7-15/h1-3,5-7,11-12,16-17H,4,8-10,13-14H2,(H,20,22)/t16-,17?/m1/s1. The highest BCUT2D eigenvalue weighted by Crippen LogP contribution is 2.18. The second kappa shape index (κ2) is 7.92. The van der Waals surface area contributed by atoms with Crippen molar-refractivity contribution in [1.82, 2.24) is 15.1 Å². The zero-order chi connectivity index (χ0) is 15.9. The van der Waals surface area contributed by atoms with Crippen LogP contribution >= 0.6 is 0 Å². The molecule has 2 atom stereocenters. The van der Waals surface area contributed by atoms with Crippen LogP contribution in [0.3, 0.4) is 0 Å². The summed E-state index contributed by atoms with van der Waals surface area (Å²) >= 11 is 0. The second-order valence-corrected chi connectivity index (χ2v) is 5.93. The van der Waals surface area contributed by atoms with Gasteiger partial charge >= 0.3 is 0 Å². The maximum Gasteiger partial charge on any atom is 0.220 e. The molecular formula is C18H23N3O2. The fraction of sp³-hybridized carbons (Fsp3) is 0.444. The van der Waals surface area contributed by atoms with E-state index in [0.717, 1.165) is 31.4 Å². The van der Waals surface area contributed by atoms with Gasteiger partial charge in [0.05, 0.1) is 18.7 Å². The van der Waals surface area contributed by atoms with Crippen molar-refractivity contribution in [2.75, 3.05) is 6.61 Å². The van der Waals surface area contributed by atoms with Gasteiger partial charge < -0.3 is 10.1 Å². The van der Waals surface area contributed by atoms with Crippen LogP contribution in [0, 0.1) is 0 Å². The van der Waals surface area contributed by atoms with E-state index in [-0.39, 0.29) is 18.1 Å². The van der Waals surface area contributed by atoms with Gasteiger partial charge in [0.2, 0.25) is 5.91 Å². The zero-order valence-electron chi connectivity index (χ0n) is 13.2. The quantitative estimate of drug-likeness (QED) is 0.855. The molecule has 1 saturated heterocycles. The van der Waals surface area contributed by atoms with Crippen LogP contribution in [-0.4, -0.2) is 28.4 Å². The second-order valence-electron chi connectivity index (χ2n) is 5.93. The van der Waals surface area contributed by atoms with Gasteiger partial charge in [-0.3, -0.25) is 9.48 Å². The fourth-order valence-corrected chi connectivity index (χ4v) is 2.95. The molecule has 1 amide bonds. The molecule has 1 fully saturated rings. The van der Waals surface area contributed by atoms with E-state index in [4.69, 9.17) is 4.74 Å². The average Bonchev–Trinajstić information content (AvgIpc) is 3.27. The van der Waals surface area contributed by atoms with Crippen molar-refractivity contribution in [3.05, 3.63) is 54.4 Å². The summed E-state index contributed by atoms with van der Waals surface area (Å²) in [4.78, 5) is 12.3. The van der Waals surface area contributed by atoms with E-state index < -0.39 is 0 Å².